The van der Waals surface area contributed by atoms with Gasteiger partial charge in [-0.05, 0) is 12.1 Å². The van der Waals surface area contributed by atoms with E-state index in [1.165, 1.54) is 13.2 Å². The number of benzene rings is 1. The molecule has 1 aromatic heterocycles. The van der Waals surface area contributed by atoms with Crippen molar-refractivity contribution in [2.24, 2.45) is 0 Å². The number of carboxylic acids is 1. The molecule has 1 heterocycles. The van der Waals surface area contributed by atoms with Gasteiger partial charge in [-0.1, -0.05) is 6.07 Å². The van der Waals surface area contributed by atoms with Crippen molar-refractivity contribution in [3.63, 3.8) is 0 Å². The van der Waals surface area contributed by atoms with E-state index in [2.05, 4.69) is 9.97 Å². The molecule has 0 spiro atoms. The summed E-state index contributed by atoms with van der Waals surface area (Å²) in [6.07, 6.45) is 2.18. The van der Waals surface area contributed by atoms with Gasteiger partial charge in [0.25, 0.3) is 0 Å². The molecular formula is C13H10N2O5. The average molecular weight is 274 g/mol. The largest absolute Gasteiger partial charge is 0.497 e. The van der Waals surface area contributed by atoms with Crippen LogP contribution in [0.1, 0.15) is 21.0 Å². The molecule has 0 radical (unpaired) electrons. The average Bonchev–Trinajstić information content (AvgIpc) is 2.47. The number of aromatic carboxylic acids is 1. The van der Waals surface area contributed by atoms with Crippen LogP contribution in [0.3, 0.4) is 0 Å². The quantitative estimate of drug-likeness (QED) is 0.664. The fraction of sp³-hybridized carbons (Fsp3) is 0.0769. The van der Waals surface area contributed by atoms with Crippen molar-refractivity contribution in [3.8, 4) is 11.5 Å². The fourth-order valence-corrected chi connectivity index (χ4v) is 1.39. The fourth-order valence-electron chi connectivity index (χ4n) is 1.39. The van der Waals surface area contributed by atoms with Crippen LogP contribution in [0.25, 0.3) is 0 Å². The number of carboxylic acid groups (broad SMARTS) is 1. The maximum Gasteiger partial charge on any atom is 0.363 e. The molecule has 7 heteroatoms. The van der Waals surface area contributed by atoms with Gasteiger partial charge < -0.3 is 14.6 Å². The Hall–Kier alpha value is -2.96. The molecule has 0 saturated carbocycles. The van der Waals surface area contributed by atoms with Crippen LogP contribution in [-0.2, 0) is 0 Å². The Bertz CT molecular complexity index is 657. The topological polar surface area (TPSA) is 98.6 Å². The zero-order chi connectivity index (χ0) is 14.5. The van der Waals surface area contributed by atoms with Crippen molar-refractivity contribution < 1.29 is 24.2 Å². The minimum Gasteiger partial charge on any atom is -0.497 e. The number of nitrogens with zero attached hydrogens (tertiary/aromatic N) is 2. The van der Waals surface area contributed by atoms with E-state index in [-0.39, 0.29) is 17.1 Å². The first-order valence-corrected chi connectivity index (χ1v) is 5.51. The minimum atomic E-state index is -1.27. The summed E-state index contributed by atoms with van der Waals surface area (Å²) in [5, 5.41) is 8.78. The number of methoxy groups -OCH3 is 1. The van der Waals surface area contributed by atoms with Crippen LogP contribution < -0.4 is 9.47 Å². The molecule has 0 unspecified atom stereocenters. The lowest BCUT2D eigenvalue weighted by Crippen LogP contribution is -2.13. The number of aromatic nitrogens is 2. The van der Waals surface area contributed by atoms with Crippen LogP contribution in [0.4, 0.5) is 0 Å². The van der Waals surface area contributed by atoms with Crippen LogP contribution in [0.2, 0.25) is 0 Å². The summed E-state index contributed by atoms with van der Waals surface area (Å²) >= 11 is 0. The van der Waals surface area contributed by atoms with Crippen LogP contribution >= 0.6 is 0 Å². The molecule has 0 aliphatic rings. The lowest BCUT2D eigenvalue weighted by atomic mass is 10.3. The van der Waals surface area contributed by atoms with Gasteiger partial charge in [0, 0.05) is 6.07 Å². The molecule has 2 aromatic rings. The van der Waals surface area contributed by atoms with E-state index >= 15 is 0 Å². The molecule has 0 amide bonds. The lowest BCUT2D eigenvalue weighted by Gasteiger charge is -2.05. The molecule has 20 heavy (non-hydrogen) atoms. The van der Waals surface area contributed by atoms with E-state index in [0.29, 0.717) is 5.75 Å². The highest BCUT2D eigenvalue weighted by Crippen LogP contribution is 2.19. The van der Waals surface area contributed by atoms with E-state index in [9.17, 15) is 9.59 Å². The molecular weight excluding hydrogens is 264 g/mol. The number of esters is 1. The second kappa shape index (κ2) is 5.79. The van der Waals surface area contributed by atoms with Crippen LogP contribution in [-0.4, -0.2) is 34.1 Å². The molecule has 0 bridgehead atoms. The number of ether oxygens (including phenoxy) is 2. The molecule has 0 saturated heterocycles. The van der Waals surface area contributed by atoms with Crippen molar-refractivity contribution >= 4 is 11.9 Å². The summed E-state index contributed by atoms with van der Waals surface area (Å²) in [6.45, 7) is 0. The number of carbonyl (C=O) groups excluding carboxylic acids is 1. The molecule has 0 aliphatic carbocycles. The predicted molar refractivity (Wildman–Crippen MR) is 66.9 cm³/mol. The van der Waals surface area contributed by atoms with Gasteiger partial charge in [-0.15, -0.1) is 0 Å². The second-order valence-electron chi connectivity index (χ2n) is 3.66. The van der Waals surface area contributed by atoms with Crippen molar-refractivity contribution in [1.82, 2.24) is 9.97 Å². The summed E-state index contributed by atoms with van der Waals surface area (Å²) in [5.41, 5.74) is -0.516. The molecule has 102 valence electrons. The molecule has 1 aromatic carbocycles. The van der Waals surface area contributed by atoms with Crippen LogP contribution in [0.5, 0.6) is 11.5 Å². The highest BCUT2D eigenvalue weighted by atomic mass is 16.5. The maximum absolute atomic E-state index is 11.8. The normalized spacial score (nSPS) is 9.85. The molecule has 0 fully saturated rings. The first-order chi connectivity index (χ1) is 9.60. The molecule has 1 N–H and O–H groups in total. The Morgan fingerprint density at radius 1 is 1.15 bits per heavy atom. The SMILES string of the molecule is COc1cccc(OC(=O)c2cncc(C(=O)O)n2)c1. The molecule has 0 atom stereocenters. The number of hydrogen-bond donors (Lipinski definition) is 1. The van der Waals surface area contributed by atoms with Crippen LogP contribution in [0.15, 0.2) is 36.7 Å². The summed E-state index contributed by atoms with van der Waals surface area (Å²) in [7, 11) is 1.49. The Balaban J connectivity index is 2.19. The van der Waals surface area contributed by atoms with Gasteiger partial charge in [0.1, 0.15) is 11.5 Å². The summed E-state index contributed by atoms with van der Waals surface area (Å²) in [6, 6.07) is 6.43. The summed E-state index contributed by atoms with van der Waals surface area (Å²) in [5.74, 6) is -1.28. The van der Waals surface area contributed by atoms with Gasteiger partial charge in [-0.25, -0.2) is 14.6 Å². The van der Waals surface area contributed by atoms with E-state index in [4.69, 9.17) is 14.6 Å². The van der Waals surface area contributed by atoms with Crippen molar-refractivity contribution in [2.45, 2.75) is 0 Å². The van der Waals surface area contributed by atoms with Gasteiger partial charge in [0.05, 0.1) is 19.5 Å². The zero-order valence-corrected chi connectivity index (χ0v) is 10.4. The minimum absolute atomic E-state index is 0.187. The first-order valence-electron chi connectivity index (χ1n) is 5.51. The number of rotatable bonds is 4. The van der Waals surface area contributed by atoms with Gasteiger partial charge in [0.15, 0.2) is 11.4 Å². The Kier molecular flexibility index (Phi) is 3.90. The third-order valence-electron chi connectivity index (χ3n) is 2.31. The second-order valence-corrected chi connectivity index (χ2v) is 3.66. The van der Waals surface area contributed by atoms with Gasteiger partial charge in [0.2, 0.25) is 0 Å². The Morgan fingerprint density at radius 2 is 1.85 bits per heavy atom. The van der Waals surface area contributed by atoms with E-state index in [1.54, 1.807) is 18.2 Å². The monoisotopic (exact) mass is 274 g/mol. The smallest absolute Gasteiger partial charge is 0.363 e. The van der Waals surface area contributed by atoms with E-state index < -0.39 is 11.9 Å². The third kappa shape index (κ3) is 3.08. The van der Waals surface area contributed by atoms with Crippen LogP contribution in [0, 0.1) is 0 Å². The van der Waals surface area contributed by atoms with Gasteiger partial charge in [-0.2, -0.15) is 0 Å². The Labute approximate surface area is 113 Å². The molecule has 2 rings (SSSR count). The third-order valence-corrected chi connectivity index (χ3v) is 2.31. The standard InChI is InChI=1S/C13H10N2O5/c1-19-8-3-2-4-9(5-8)20-13(18)11-7-14-6-10(15-11)12(16)17/h2-7H,1H3,(H,16,17). The van der Waals surface area contributed by atoms with Crippen molar-refractivity contribution in [1.29, 1.82) is 0 Å². The first kappa shape index (κ1) is 13.5. The Morgan fingerprint density at radius 3 is 2.55 bits per heavy atom. The maximum atomic E-state index is 11.8. The number of carbonyl (C=O) groups is 2. The summed E-state index contributed by atoms with van der Waals surface area (Å²) in [4.78, 5) is 29.9. The van der Waals surface area contributed by atoms with E-state index in [0.717, 1.165) is 12.4 Å². The molecule has 0 aliphatic heterocycles. The lowest BCUT2D eigenvalue weighted by molar-refractivity contribution is 0.0689. The van der Waals surface area contributed by atoms with Crippen molar-refractivity contribution in [2.75, 3.05) is 7.11 Å². The summed E-state index contributed by atoms with van der Waals surface area (Å²) < 4.78 is 10.1. The number of hydrogen-bond acceptors (Lipinski definition) is 6. The molecule has 7 nitrogen and oxygen atoms in total. The van der Waals surface area contributed by atoms with E-state index in [1.807, 2.05) is 0 Å². The zero-order valence-electron chi connectivity index (χ0n) is 10.4. The van der Waals surface area contributed by atoms with Gasteiger partial charge in [-0.3, -0.25) is 4.98 Å². The van der Waals surface area contributed by atoms with Crippen molar-refractivity contribution in [3.05, 3.63) is 48.0 Å². The van der Waals surface area contributed by atoms with Gasteiger partial charge >= 0.3 is 11.9 Å². The highest BCUT2D eigenvalue weighted by Gasteiger charge is 2.14. The predicted octanol–water partition coefficient (Wildman–Crippen LogP) is 1.40. The highest BCUT2D eigenvalue weighted by molar-refractivity contribution is 5.91.